The average molecular weight is 324 g/mol. The van der Waals surface area contributed by atoms with Gasteiger partial charge in [0.15, 0.2) is 0 Å². The molecule has 0 spiro atoms. The van der Waals surface area contributed by atoms with Gasteiger partial charge in [-0.2, -0.15) is 0 Å². The Bertz CT molecular complexity index is 428. The van der Waals surface area contributed by atoms with Gasteiger partial charge in [-0.15, -0.1) is 11.8 Å². The lowest BCUT2D eigenvalue weighted by Crippen LogP contribution is -2.49. The highest BCUT2D eigenvalue weighted by Crippen LogP contribution is 2.60. The minimum absolute atomic E-state index is 0.00319. The van der Waals surface area contributed by atoms with Crippen molar-refractivity contribution < 1.29 is 9.59 Å². The maximum atomic E-state index is 12.2. The Morgan fingerprint density at radius 1 is 1.14 bits per heavy atom. The Balaban J connectivity index is 1.50. The van der Waals surface area contributed by atoms with E-state index in [-0.39, 0.29) is 11.8 Å². The second-order valence-electron chi connectivity index (χ2n) is 7.91. The van der Waals surface area contributed by atoms with Gasteiger partial charge >= 0.3 is 0 Å². The van der Waals surface area contributed by atoms with Crippen LogP contribution in [-0.4, -0.2) is 47.4 Å². The molecule has 0 unspecified atom stereocenters. The van der Waals surface area contributed by atoms with Crippen LogP contribution in [-0.2, 0) is 9.59 Å². The van der Waals surface area contributed by atoms with Crippen molar-refractivity contribution in [3.63, 3.8) is 0 Å². The molecule has 4 aliphatic carbocycles. The number of carbonyl (C=O) groups is 2. The Morgan fingerprint density at radius 3 is 2.09 bits per heavy atom. The van der Waals surface area contributed by atoms with E-state index in [4.69, 9.17) is 0 Å². The fraction of sp³-hybridized carbons (Fsp3) is 0.882. The number of hydrogen-bond acceptors (Lipinski definition) is 3. The lowest BCUT2D eigenvalue weighted by Gasteiger charge is -2.56. The molecule has 0 aromatic heterocycles. The van der Waals surface area contributed by atoms with Crippen LogP contribution >= 0.6 is 11.8 Å². The second-order valence-corrected chi connectivity index (χ2v) is 9.35. The average Bonchev–Trinajstić information content (AvgIpc) is 2.43. The third-order valence-corrected chi connectivity index (χ3v) is 7.20. The van der Waals surface area contributed by atoms with Crippen molar-refractivity contribution in [2.45, 2.75) is 56.2 Å². The van der Waals surface area contributed by atoms with E-state index in [0.717, 1.165) is 17.8 Å². The van der Waals surface area contributed by atoms with Gasteiger partial charge in [0.1, 0.15) is 6.04 Å². The van der Waals surface area contributed by atoms with Gasteiger partial charge in [-0.25, -0.2) is 0 Å². The van der Waals surface area contributed by atoms with Crippen molar-refractivity contribution in [2.24, 2.45) is 17.8 Å². The first-order valence-corrected chi connectivity index (χ1v) is 9.50. The molecule has 0 aromatic rings. The number of thioether (sulfide) groups is 1. The van der Waals surface area contributed by atoms with Crippen LogP contribution in [0.15, 0.2) is 0 Å². The molecule has 124 valence electrons. The summed E-state index contributed by atoms with van der Waals surface area (Å²) in [6.45, 7) is 1.76. The highest BCUT2D eigenvalue weighted by atomic mass is 32.2. The molecule has 1 atom stereocenters. The summed E-state index contributed by atoms with van der Waals surface area (Å²) in [6.07, 6.45) is 8.22. The molecule has 1 N–H and O–H groups in total. The van der Waals surface area contributed by atoms with Crippen LogP contribution in [0, 0.1) is 17.8 Å². The number of carbonyl (C=O) groups excluding carboxylic acids is 2. The molecular formula is C17H28N2O2S. The molecule has 4 fully saturated rings. The molecule has 2 amide bonds. The Kier molecular flexibility index (Phi) is 4.45. The second kappa shape index (κ2) is 6.06. The molecule has 22 heavy (non-hydrogen) atoms. The van der Waals surface area contributed by atoms with Gasteiger partial charge in [-0.3, -0.25) is 9.59 Å². The third-order valence-electron chi connectivity index (χ3n) is 5.68. The van der Waals surface area contributed by atoms with E-state index in [2.05, 4.69) is 5.32 Å². The van der Waals surface area contributed by atoms with E-state index in [0.29, 0.717) is 10.5 Å². The molecule has 5 heteroatoms. The van der Waals surface area contributed by atoms with Crippen molar-refractivity contribution >= 4 is 23.6 Å². The first-order chi connectivity index (χ1) is 10.4. The van der Waals surface area contributed by atoms with E-state index in [1.807, 2.05) is 11.8 Å². The van der Waals surface area contributed by atoms with Gasteiger partial charge in [0.05, 0.1) is 5.75 Å². The van der Waals surface area contributed by atoms with E-state index < -0.39 is 6.04 Å². The van der Waals surface area contributed by atoms with Crippen molar-refractivity contribution in [3.8, 4) is 0 Å². The first kappa shape index (κ1) is 16.2. The summed E-state index contributed by atoms with van der Waals surface area (Å²) in [6, 6.07) is -0.431. The summed E-state index contributed by atoms with van der Waals surface area (Å²) in [5, 5.41) is 2.84. The molecule has 0 saturated heterocycles. The summed E-state index contributed by atoms with van der Waals surface area (Å²) in [4.78, 5) is 25.5. The molecule has 4 aliphatic rings. The van der Waals surface area contributed by atoms with Crippen molar-refractivity contribution in [1.29, 1.82) is 0 Å². The van der Waals surface area contributed by atoms with Crippen LogP contribution in [0.2, 0.25) is 0 Å². The molecule has 0 aliphatic heterocycles. The molecule has 0 heterocycles. The van der Waals surface area contributed by atoms with Crippen molar-refractivity contribution in [2.75, 3.05) is 19.8 Å². The van der Waals surface area contributed by atoms with Crippen molar-refractivity contribution in [3.05, 3.63) is 0 Å². The Morgan fingerprint density at radius 2 is 1.64 bits per heavy atom. The number of hydrogen-bond donors (Lipinski definition) is 1. The van der Waals surface area contributed by atoms with E-state index in [9.17, 15) is 9.59 Å². The largest absolute Gasteiger partial charge is 0.347 e. The third kappa shape index (κ3) is 3.29. The monoisotopic (exact) mass is 324 g/mol. The molecule has 0 radical (unpaired) electrons. The molecule has 4 nitrogen and oxygen atoms in total. The molecular weight excluding hydrogens is 296 g/mol. The zero-order valence-electron chi connectivity index (χ0n) is 13.9. The standard InChI is InChI=1S/C17H28N2O2S/c1-11(16(21)19(2)3)18-15(20)10-22-17-7-12-4-13(8-17)6-14(5-12)9-17/h11-14H,4-10H2,1-3H3,(H,18,20)/t11-,12?,13?,14?,17?/m1/s1. The van der Waals surface area contributed by atoms with Gasteiger partial charge < -0.3 is 10.2 Å². The van der Waals surface area contributed by atoms with Crippen LogP contribution < -0.4 is 5.32 Å². The molecule has 4 bridgehead atoms. The minimum Gasteiger partial charge on any atom is -0.347 e. The van der Waals surface area contributed by atoms with Crippen molar-refractivity contribution in [1.82, 2.24) is 10.2 Å². The zero-order valence-corrected chi connectivity index (χ0v) is 14.7. The van der Waals surface area contributed by atoms with Gasteiger partial charge in [0.25, 0.3) is 0 Å². The van der Waals surface area contributed by atoms with E-state index in [1.54, 1.807) is 21.0 Å². The van der Waals surface area contributed by atoms with E-state index in [1.165, 1.54) is 43.4 Å². The smallest absolute Gasteiger partial charge is 0.244 e. The lowest BCUT2D eigenvalue weighted by molar-refractivity contribution is -0.133. The molecule has 4 saturated carbocycles. The quantitative estimate of drug-likeness (QED) is 0.844. The number of nitrogens with one attached hydrogen (secondary N) is 1. The first-order valence-electron chi connectivity index (χ1n) is 8.51. The maximum Gasteiger partial charge on any atom is 0.244 e. The molecule has 0 aromatic carbocycles. The van der Waals surface area contributed by atoms with Gasteiger partial charge in [0.2, 0.25) is 11.8 Å². The summed E-state index contributed by atoms with van der Waals surface area (Å²) in [5.74, 6) is 3.19. The Hall–Kier alpha value is -0.710. The number of nitrogens with zero attached hydrogens (tertiary/aromatic N) is 1. The van der Waals surface area contributed by atoms with Crippen LogP contribution in [0.3, 0.4) is 0 Å². The summed E-state index contributed by atoms with van der Waals surface area (Å²) >= 11 is 1.87. The fourth-order valence-electron chi connectivity index (χ4n) is 5.16. The topological polar surface area (TPSA) is 49.4 Å². The summed E-state index contributed by atoms with van der Waals surface area (Å²) < 4.78 is 0.362. The maximum absolute atomic E-state index is 12.2. The van der Waals surface area contributed by atoms with Gasteiger partial charge in [-0.1, -0.05) is 0 Å². The van der Waals surface area contributed by atoms with Crippen LogP contribution in [0.1, 0.15) is 45.4 Å². The van der Waals surface area contributed by atoms with Crippen LogP contribution in [0.25, 0.3) is 0 Å². The fourth-order valence-corrected chi connectivity index (χ4v) is 6.74. The van der Waals surface area contributed by atoms with Gasteiger partial charge in [0, 0.05) is 18.8 Å². The highest BCUT2D eigenvalue weighted by Gasteiger charge is 2.51. The minimum atomic E-state index is -0.431. The summed E-state index contributed by atoms with van der Waals surface area (Å²) in [7, 11) is 3.43. The van der Waals surface area contributed by atoms with E-state index >= 15 is 0 Å². The zero-order chi connectivity index (χ0) is 15.9. The normalized spacial score (nSPS) is 37.0. The van der Waals surface area contributed by atoms with Crippen LogP contribution in [0.4, 0.5) is 0 Å². The Labute approximate surface area is 137 Å². The SMILES string of the molecule is C[C@@H](NC(=O)CSC12CC3CC(CC(C3)C1)C2)C(=O)N(C)C. The number of amides is 2. The molecule has 4 rings (SSSR count). The predicted molar refractivity (Wildman–Crippen MR) is 89.7 cm³/mol. The van der Waals surface area contributed by atoms with Crippen LogP contribution in [0.5, 0.6) is 0 Å². The highest BCUT2D eigenvalue weighted by molar-refractivity contribution is 8.01. The predicted octanol–water partition coefficient (Wildman–Crippen LogP) is 2.28. The number of rotatable bonds is 5. The van der Waals surface area contributed by atoms with Gasteiger partial charge in [-0.05, 0) is 63.2 Å². The lowest BCUT2D eigenvalue weighted by atomic mass is 9.56. The summed E-state index contributed by atoms with van der Waals surface area (Å²) in [5.41, 5.74) is 0. The number of likely N-dealkylation sites (N-methyl/N-ethyl adjacent to an activating group) is 1.